The van der Waals surface area contributed by atoms with Gasteiger partial charge in [0.1, 0.15) is 11.8 Å². The van der Waals surface area contributed by atoms with Gasteiger partial charge in [0.15, 0.2) is 6.10 Å². The molecule has 8 nitrogen and oxygen atoms in total. The minimum atomic E-state index is -1.67. The Bertz CT molecular complexity index is 435. The summed E-state index contributed by atoms with van der Waals surface area (Å²) in [6.07, 6.45) is -3.29. The first-order valence-electron chi connectivity index (χ1n) is 6.28. The minimum absolute atomic E-state index is 0.0905. The molecule has 1 rings (SSSR count). The highest BCUT2D eigenvalue weighted by molar-refractivity contribution is 6.07. The number of carbonyl (C=O) groups is 3. The quantitative estimate of drug-likeness (QED) is 0.412. The van der Waals surface area contributed by atoms with E-state index in [1.54, 1.807) is 6.92 Å². The minimum Gasteiger partial charge on any atom is -0.390 e. The first kappa shape index (κ1) is 16.3. The molecule has 0 saturated carbocycles. The van der Waals surface area contributed by atoms with Crippen LogP contribution in [0.5, 0.6) is 0 Å². The maximum atomic E-state index is 11.9. The summed E-state index contributed by atoms with van der Waals surface area (Å²) in [5.74, 6) is -1.86. The van der Waals surface area contributed by atoms with E-state index in [0.717, 1.165) is 0 Å². The second kappa shape index (κ2) is 6.58. The molecule has 0 aromatic heterocycles. The molecule has 0 aromatic rings. The van der Waals surface area contributed by atoms with Gasteiger partial charge in [0.25, 0.3) is 5.91 Å². The Morgan fingerprint density at radius 2 is 2.05 bits per heavy atom. The lowest BCUT2D eigenvalue weighted by Crippen LogP contribution is -2.56. The molecular weight excluding hydrogens is 266 g/mol. The van der Waals surface area contributed by atoms with Gasteiger partial charge < -0.3 is 26.3 Å². The summed E-state index contributed by atoms with van der Waals surface area (Å²) in [5, 5.41) is 30.8. The van der Waals surface area contributed by atoms with Crippen molar-refractivity contribution >= 4 is 23.3 Å². The number of amides is 2. The monoisotopic (exact) mass is 285 g/mol. The lowest BCUT2D eigenvalue weighted by Gasteiger charge is -2.25. The van der Waals surface area contributed by atoms with E-state index in [2.05, 4.69) is 10.6 Å². The number of Topliss-reactive ketones (excluding diaryl/α,β-unsaturated/α-hetero) is 1. The van der Waals surface area contributed by atoms with Crippen LogP contribution in [-0.4, -0.2) is 57.8 Å². The lowest BCUT2D eigenvalue weighted by atomic mass is 9.98. The number of ketones is 1. The average molecular weight is 285 g/mol. The van der Waals surface area contributed by atoms with Crippen LogP contribution in [0.2, 0.25) is 0 Å². The van der Waals surface area contributed by atoms with Gasteiger partial charge in [-0.25, -0.2) is 0 Å². The van der Waals surface area contributed by atoms with E-state index >= 15 is 0 Å². The van der Waals surface area contributed by atoms with Crippen LogP contribution in [0.1, 0.15) is 26.7 Å². The Labute approximate surface area is 116 Å². The molecule has 0 spiro atoms. The molecule has 4 unspecified atom stereocenters. The van der Waals surface area contributed by atoms with E-state index in [1.165, 1.54) is 6.92 Å². The predicted octanol–water partition coefficient (Wildman–Crippen LogP) is -1.90. The molecule has 1 fully saturated rings. The highest BCUT2D eigenvalue weighted by Gasteiger charge is 2.31. The number of hydrogen-bond donors (Lipinski definition) is 5. The third-order valence-corrected chi connectivity index (χ3v) is 3.06. The van der Waals surface area contributed by atoms with Crippen LogP contribution in [0.4, 0.5) is 0 Å². The van der Waals surface area contributed by atoms with Gasteiger partial charge in [-0.1, -0.05) is 0 Å². The first-order chi connectivity index (χ1) is 9.22. The van der Waals surface area contributed by atoms with Crippen molar-refractivity contribution in [3.05, 3.63) is 0 Å². The van der Waals surface area contributed by atoms with Crippen LogP contribution in [0.25, 0.3) is 0 Å². The second-order valence-corrected chi connectivity index (χ2v) is 4.92. The molecule has 112 valence electrons. The summed E-state index contributed by atoms with van der Waals surface area (Å²) in [4.78, 5) is 35.1. The molecule has 5 N–H and O–H groups in total. The summed E-state index contributed by atoms with van der Waals surface area (Å²) in [5.41, 5.74) is 0.108. The normalized spacial score (nSPS) is 27.1. The summed E-state index contributed by atoms with van der Waals surface area (Å²) in [6.45, 7) is 2.80. The maximum Gasteiger partial charge on any atom is 0.252 e. The molecule has 0 aromatic carbocycles. The van der Waals surface area contributed by atoms with E-state index in [1.807, 2.05) is 0 Å². The van der Waals surface area contributed by atoms with Crippen molar-refractivity contribution in [2.45, 2.75) is 51.0 Å². The van der Waals surface area contributed by atoms with Gasteiger partial charge in [-0.2, -0.15) is 0 Å². The molecule has 0 aliphatic carbocycles. The Morgan fingerprint density at radius 3 is 2.60 bits per heavy atom. The molecule has 2 amide bonds. The van der Waals surface area contributed by atoms with E-state index in [0.29, 0.717) is 0 Å². The van der Waals surface area contributed by atoms with Gasteiger partial charge in [0.05, 0.1) is 12.1 Å². The third-order valence-electron chi connectivity index (χ3n) is 3.06. The fourth-order valence-corrected chi connectivity index (χ4v) is 1.75. The van der Waals surface area contributed by atoms with Crippen LogP contribution in [0.15, 0.2) is 0 Å². The Hall–Kier alpha value is -1.80. The third kappa shape index (κ3) is 4.10. The molecule has 1 heterocycles. The van der Waals surface area contributed by atoms with E-state index in [4.69, 9.17) is 10.5 Å². The topological polar surface area (TPSA) is 140 Å². The van der Waals surface area contributed by atoms with Crippen LogP contribution < -0.4 is 10.6 Å². The molecule has 0 radical (unpaired) electrons. The molecule has 1 aliphatic rings. The zero-order valence-corrected chi connectivity index (χ0v) is 11.3. The number of aliphatic hydroxyl groups is 2. The average Bonchev–Trinajstić information content (AvgIpc) is 2.35. The number of hydrogen-bond acceptors (Lipinski definition) is 6. The number of aliphatic hydroxyl groups excluding tert-OH is 2. The van der Waals surface area contributed by atoms with Gasteiger partial charge >= 0.3 is 0 Å². The number of carbonyl (C=O) groups excluding carboxylic acids is 3. The van der Waals surface area contributed by atoms with Gasteiger partial charge in [0.2, 0.25) is 5.91 Å². The molecule has 1 aliphatic heterocycles. The molecule has 0 bridgehead atoms. The summed E-state index contributed by atoms with van der Waals surface area (Å²) < 4.78 is 0. The molecular formula is C12H19N3O5. The van der Waals surface area contributed by atoms with Crippen LogP contribution >= 0.6 is 0 Å². The van der Waals surface area contributed by atoms with Crippen LogP contribution in [0, 0.1) is 5.41 Å². The van der Waals surface area contributed by atoms with Crippen molar-refractivity contribution in [2.24, 2.45) is 0 Å². The van der Waals surface area contributed by atoms with E-state index in [-0.39, 0.29) is 24.3 Å². The largest absolute Gasteiger partial charge is 0.390 e. The molecule has 20 heavy (non-hydrogen) atoms. The summed E-state index contributed by atoms with van der Waals surface area (Å²) in [6, 6.07) is -1.70. The fourth-order valence-electron chi connectivity index (χ4n) is 1.75. The van der Waals surface area contributed by atoms with Crippen LogP contribution in [-0.2, 0) is 14.4 Å². The zero-order valence-electron chi connectivity index (χ0n) is 11.3. The lowest BCUT2D eigenvalue weighted by molar-refractivity contribution is -0.138. The van der Waals surface area contributed by atoms with Crippen molar-refractivity contribution in [2.75, 3.05) is 0 Å². The SMILES string of the molecule is CC1NC(=O)C(NC(=O)C(O)C(C)O)CC(=O)CC1=N. The molecule has 1 saturated heterocycles. The van der Waals surface area contributed by atoms with Crippen molar-refractivity contribution in [3.63, 3.8) is 0 Å². The Kier molecular flexibility index (Phi) is 5.34. The maximum absolute atomic E-state index is 11.9. The number of rotatable bonds is 3. The Morgan fingerprint density at radius 1 is 1.45 bits per heavy atom. The van der Waals surface area contributed by atoms with Crippen molar-refractivity contribution in [1.82, 2.24) is 10.6 Å². The Balaban J connectivity index is 2.77. The van der Waals surface area contributed by atoms with Crippen molar-refractivity contribution < 1.29 is 24.6 Å². The van der Waals surface area contributed by atoms with E-state index < -0.39 is 36.1 Å². The fraction of sp³-hybridized carbons (Fsp3) is 0.667. The number of nitrogens with one attached hydrogen (secondary N) is 3. The molecule has 4 atom stereocenters. The van der Waals surface area contributed by atoms with Gasteiger partial charge in [-0.15, -0.1) is 0 Å². The predicted molar refractivity (Wildman–Crippen MR) is 69.2 cm³/mol. The second-order valence-electron chi connectivity index (χ2n) is 4.92. The standard InChI is InChI=1S/C12H19N3O5/c1-5-8(13)3-7(17)4-9(11(19)14-5)15-12(20)10(18)6(2)16/h5-6,9-10,13,16,18H,3-4H2,1-2H3,(H,14,19)(H,15,20). The van der Waals surface area contributed by atoms with Crippen molar-refractivity contribution in [3.8, 4) is 0 Å². The van der Waals surface area contributed by atoms with Gasteiger partial charge in [0, 0.05) is 18.6 Å². The van der Waals surface area contributed by atoms with E-state index in [9.17, 15) is 19.5 Å². The highest BCUT2D eigenvalue weighted by Crippen LogP contribution is 2.06. The summed E-state index contributed by atoms with van der Waals surface area (Å²) >= 11 is 0. The first-order valence-corrected chi connectivity index (χ1v) is 6.28. The van der Waals surface area contributed by atoms with Gasteiger partial charge in [-0.3, -0.25) is 14.4 Å². The zero-order chi connectivity index (χ0) is 15.4. The van der Waals surface area contributed by atoms with Crippen molar-refractivity contribution in [1.29, 1.82) is 5.41 Å². The summed E-state index contributed by atoms with van der Waals surface area (Å²) in [7, 11) is 0. The molecule has 8 heteroatoms. The van der Waals surface area contributed by atoms with Gasteiger partial charge in [-0.05, 0) is 13.8 Å². The smallest absolute Gasteiger partial charge is 0.252 e. The highest BCUT2D eigenvalue weighted by atomic mass is 16.3. The van der Waals surface area contributed by atoms with Crippen LogP contribution in [0.3, 0.4) is 0 Å².